The Morgan fingerprint density at radius 1 is 1.06 bits per heavy atom. The smallest absolute Gasteiger partial charge is 0.0224 e. The van der Waals surface area contributed by atoms with Crippen LogP contribution in [0.15, 0.2) is 0 Å². The van der Waals surface area contributed by atoms with Crippen LogP contribution in [0.25, 0.3) is 0 Å². The Kier molecular flexibility index (Phi) is 2.97. The molecule has 0 N–H and O–H groups in total. The first-order chi connectivity index (χ1) is 7.75. The molecule has 0 spiro atoms. The lowest BCUT2D eigenvalue weighted by atomic mass is 9.95. The molecule has 2 aliphatic heterocycles. The van der Waals surface area contributed by atoms with E-state index in [1.807, 2.05) is 0 Å². The number of fused-ring (bicyclic) bond motifs is 1. The van der Waals surface area contributed by atoms with Crippen molar-refractivity contribution in [3.05, 3.63) is 0 Å². The number of nitrogens with zero attached hydrogens (tertiary/aromatic N) is 2. The van der Waals surface area contributed by atoms with Crippen molar-refractivity contribution in [3.8, 4) is 0 Å². The molecule has 0 aromatic rings. The first kappa shape index (κ1) is 11.0. The number of hydrogen-bond donors (Lipinski definition) is 0. The van der Waals surface area contributed by atoms with Crippen LogP contribution in [0.5, 0.6) is 0 Å². The Balaban J connectivity index is 1.65. The van der Waals surface area contributed by atoms with Gasteiger partial charge in [0.15, 0.2) is 0 Å². The van der Waals surface area contributed by atoms with Crippen molar-refractivity contribution in [2.75, 3.05) is 19.6 Å². The van der Waals surface area contributed by atoms with Crippen LogP contribution in [0.2, 0.25) is 0 Å². The number of piperidine rings is 1. The van der Waals surface area contributed by atoms with E-state index in [0.29, 0.717) is 0 Å². The van der Waals surface area contributed by atoms with Gasteiger partial charge in [-0.15, -0.1) is 0 Å². The maximum Gasteiger partial charge on any atom is 0.0224 e. The highest BCUT2D eigenvalue weighted by Gasteiger charge is 2.39. The summed E-state index contributed by atoms with van der Waals surface area (Å²) in [6, 6.07) is 2.51. The molecule has 3 atom stereocenters. The largest absolute Gasteiger partial charge is 0.298 e. The second-order valence-electron chi connectivity index (χ2n) is 6.27. The fraction of sp³-hybridized carbons (Fsp3) is 1.00. The van der Waals surface area contributed by atoms with Crippen LogP contribution < -0.4 is 0 Å². The summed E-state index contributed by atoms with van der Waals surface area (Å²) < 4.78 is 0. The quantitative estimate of drug-likeness (QED) is 0.707. The maximum absolute atomic E-state index is 2.81. The van der Waals surface area contributed by atoms with Crippen LogP contribution in [-0.2, 0) is 0 Å². The van der Waals surface area contributed by atoms with Gasteiger partial charge in [-0.1, -0.05) is 6.42 Å². The first-order valence-electron chi connectivity index (χ1n) is 7.25. The molecule has 3 fully saturated rings. The van der Waals surface area contributed by atoms with Crippen LogP contribution in [0, 0.1) is 5.92 Å². The van der Waals surface area contributed by atoms with Crippen molar-refractivity contribution >= 4 is 0 Å². The topological polar surface area (TPSA) is 6.48 Å². The highest BCUT2D eigenvalue weighted by molar-refractivity contribution is 4.94. The average molecular weight is 222 g/mol. The zero-order valence-electron chi connectivity index (χ0n) is 10.9. The zero-order valence-corrected chi connectivity index (χ0v) is 10.9. The molecule has 3 rings (SSSR count). The van der Waals surface area contributed by atoms with Gasteiger partial charge >= 0.3 is 0 Å². The van der Waals surface area contributed by atoms with Crippen LogP contribution >= 0.6 is 0 Å². The number of rotatable bonds is 2. The Morgan fingerprint density at radius 3 is 2.62 bits per heavy atom. The fourth-order valence-electron chi connectivity index (χ4n) is 3.79. The summed E-state index contributed by atoms with van der Waals surface area (Å²) in [6.45, 7) is 8.93. The van der Waals surface area contributed by atoms with Crippen LogP contribution in [0.1, 0.15) is 46.0 Å². The molecular weight excluding hydrogens is 196 g/mol. The van der Waals surface area contributed by atoms with E-state index in [2.05, 4.69) is 23.6 Å². The molecule has 0 aromatic carbocycles. The standard InChI is InChI=1S/C14H26N2/c1-11-9-15-8-4-3-5-14(15)10-16(11)12(2)13-6-7-13/h11-14H,3-10H2,1-2H3. The summed E-state index contributed by atoms with van der Waals surface area (Å²) in [5.74, 6) is 1.03. The van der Waals surface area contributed by atoms with Gasteiger partial charge in [0, 0.05) is 31.2 Å². The molecule has 0 radical (unpaired) electrons. The lowest BCUT2D eigenvalue weighted by Crippen LogP contribution is -2.60. The minimum atomic E-state index is 0.782. The first-order valence-corrected chi connectivity index (χ1v) is 7.25. The highest BCUT2D eigenvalue weighted by atomic mass is 15.3. The van der Waals surface area contributed by atoms with Gasteiger partial charge in [0.2, 0.25) is 0 Å². The Morgan fingerprint density at radius 2 is 1.88 bits per heavy atom. The van der Waals surface area contributed by atoms with Gasteiger partial charge in [0.25, 0.3) is 0 Å². The lowest BCUT2D eigenvalue weighted by Gasteiger charge is -2.49. The van der Waals surface area contributed by atoms with E-state index in [1.165, 1.54) is 51.7 Å². The molecule has 1 saturated carbocycles. The SMILES string of the molecule is CC1CN2CCCCC2CN1C(C)C1CC1. The van der Waals surface area contributed by atoms with E-state index >= 15 is 0 Å². The normalized spacial score (nSPS) is 39.4. The Bertz CT molecular complexity index is 249. The van der Waals surface area contributed by atoms with Gasteiger partial charge < -0.3 is 0 Å². The molecule has 2 saturated heterocycles. The van der Waals surface area contributed by atoms with Crippen LogP contribution in [0.3, 0.4) is 0 Å². The summed E-state index contributed by atoms with van der Waals surface area (Å²) in [5.41, 5.74) is 0. The summed E-state index contributed by atoms with van der Waals surface area (Å²) in [6.07, 6.45) is 7.31. The third-order valence-corrected chi connectivity index (χ3v) is 5.06. The van der Waals surface area contributed by atoms with Gasteiger partial charge in [0.1, 0.15) is 0 Å². The summed E-state index contributed by atoms with van der Waals surface area (Å²) in [4.78, 5) is 5.56. The van der Waals surface area contributed by atoms with Gasteiger partial charge in [0.05, 0.1) is 0 Å². The average Bonchev–Trinajstić information content (AvgIpc) is 3.11. The third kappa shape index (κ3) is 2.02. The summed E-state index contributed by atoms with van der Waals surface area (Å²) in [5, 5.41) is 0. The van der Waals surface area contributed by atoms with E-state index in [0.717, 1.165) is 24.0 Å². The summed E-state index contributed by atoms with van der Waals surface area (Å²) in [7, 11) is 0. The molecule has 3 aliphatic rings. The maximum atomic E-state index is 2.81. The molecule has 92 valence electrons. The molecular formula is C14H26N2. The van der Waals surface area contributed by atoms with Crippen molar-refractivity contribution in [2.24, 2.45) is 5.92 Å². The number of piperazine rings is 1. The molecule has 2 nitrogen and oxygen atoms in total. The molecule has 2 heteroatoms. The van der Waals surface area contributed by atoms with Crippen LogP contribution in [-0.4, -0.2) is 47.6 Å². The Hall–Kier alpha value is -0.0800. The Labute approximate surface area is 100.0 Å². The highest BCUT2D eigenvalue weighted by Crippen LogP contribution is 2.37. The van der Waals surface area contributed by atoms with Crippen molar-refractivity contribution in [1.29, 1.82) is 0 Å². The van der Waals surface area contributed by atoms with E-state index < -0.39 is 0 Å². The van der Waals surface area contributed by atoms with E-state index in [4.69, 9.17) is 0 Å². The predicted molar refractivity (Wildman–Crippen MR) is 67.6 cm³/mol. The second kappa shape index (κ2) is 4.30. The zero-order chi connectivity index (χ0) is 11.1. The minimum Gasteiger partial charge on any atom is -0.298 e. The molecule has 0 aromatic heterocycles. The minimum absolute atomic E-state index is 0.782. The van der Waals surface area contributed by atoms with Crippen molar-refractivity contribution in [3.63, 3.8) is 0 Å². The number of hydrogen-bond acceptors (Lipinski definition) is 2. The van der Waals surface area contributed by atoms with Crippen molar-refractivity contribution < 1.29 is 0 Å². The second-order valence-corrected chi connectivity index (χ2v) is 6.27. The molecule has 0 bridgehead atoms. The van der Waals surface area contributed by atoms with Crippen molar-refractivity contribution in [2.45, 2.75) is 64.1 Å². The molecule has 3 unspecified atom stereocenters. The molecule has 2 heterocycles. The predicted octanol–water partition coefficient (Wildman–Crippen LogP) is 2.34. The van der Waals surface area contributed by atoms with E-state index in [-0.39, 0.29) is 0 Å². The lowest BCUT2D eigenvalue weighted by molar-refractivity contribution is -0.00855. The van der Waals surface area contributed by atoms with E-state index in [1.54, 1.807) is 0 Å². The monoisotopic (exact) mass is 222 g/mol. The van der Waals surface area contributed by atoms with Gasteiger partial charge in [-0.05, 0) is 52.0 Å². The van der Waals surface area contributed by atoms with Gasteiger partial charge in [-0.25, -0.2) is 0 Å². The van der Waals surface area contributed by atoms with Crippen molar-refractivity contribution in [1.82, 2.24) is 9.80 Å². The molecule has 16 heavy (non-hydrogen) atoms. The third-order valence-electron chi connectivity index (χ3n) is 5.06. The molecule has 0 amide bonds. The van der Waals surface area contributed by atoms with E-state index in [9.17, 15) is 0 Å². The molecule has 1 aliphatic carbocycles. The van der Waals surface area contributed by atoms with Crippen LogP contribution in [0.4, 0.5) is 0 Å². The van der Waals surface area contributed by atoms with Gasteiger partial charge in [-0.2, -0.15) is 0 Å². The summed E-state index contributed by atoms with van der Waals surface area (Å²) >= 11 is 0. The van der Waals surface area contributed by atoms with Gasteiger partial charge in [-0.3, -0.25) is 9.80 Å². The fourth-order valence-corrected chi connectivity index (χ4v) is 3.79.